The highest BCUT2D eigenvalue weighted by Gasteiger charge is 2.04. The van der Waals surface area contributed by atoms with Crippen LogP contribution in [0.2, 0.25) is 0 Å². The first kappa shape index (κ1) is 12.2. The average Bonchev–Trinajstić information content (AvgIpc) is 2.95. The van der Waals surface area contributed by atoms with Gasteiger partial charge in [0.25, 0.3) is 0 Å². The van der Waals surface area contributed by atoms with Gasteiger partial charge in [-0.25, -0.2) is 0 Å². The van der Waals surface area contributed by atoms with Gasteiger partial charge in [-0.2, -0.15) is 4.98 Å². The fraction of sp³-hybridized carbons (Fsp3) is 0.0667. The lowest BCUT2D eigenvalue weighted by molar-refractivity contribution is 0.296. The average molecular weight is 266 g/mol. The van der Waals surface area contributed by atoms with Gasteiger partial charge >= 0.3 is 0 Å². The van der Waals surface area contributed by atoms with E-state index in [0.717, 1.165) is 11.4 Å². The van der Waals surface area contributed by atoms with E-state index in [2.05, 4.69) is 20.5 Å². The summed E-state index contributed by atoms with van der Waals surface area (Å²) < 4.78 is 5.59. The van der Waals surface area contributed by atoms with Crippen LogP contribution in [0.1, 0.15) is 5.82 Å². The molecule has 0 amide bonds. The van der Waals surface area contributed by atoms with Gasteiger partial charge in [-0.15, -0.1) is 5.10 Å². The molecule has 0 atom stereocenters. The second-order valence-electron chi connectivity index (χ2n) is 4.20. The van der Waals surface area contributed by atoms with Gasteiger partial charge in [0.05, 0.1) is 0 Å². The van der Waals surface area contributed by atoms with Crippen LogP contribution >= 0.6 is 0 Å². The molecular weight excluding hydrogens is 252 g/mol. The third-order valence-electron chi connectivity index (χ3n) is 2.68. The fourth-order valence-corrected chi connectivity index (χ4v) is 1.73. The summed E-state index contributed by atoms with van der Waals surface area (Å²) in [7, 11) is 0. The van der Waals surface area contributed by atoms with Crippen LogP contribution in [0.5, 0.6) is 5.75 Å². The molecule has 0 spiro atoms. The second kappa shape index (κ2) is 5.88. The second-order valence-corrected chi connectivity index (χ2v) is 4.20. The standard InChI is InChI=1S/C15H14N4O/c1-3-7-12(8-4-1)16-15-17-14(18-19-15)11-20-13-9-5-2-6-10-13/h1-10H,11H2,(H2,16,17,18,19). The smallest absolute Gasteiger partial charge is 0.246 e. The van der Waals surface area contributed by atoms with Crippen LogP contribution < -0.4 is 10.1 Å². The van der Waals surface area contributed by atoms with Crippen LogP contribution in [0.3, 0.4) is 0 Å². The van der Waals surface area contributed by atoms with E-state index in [1.165, 1.54) is 0 Å². The number of hydrogen-bond acceptors (Lipinski definition) is 4. The largest absolute Gasteiger partial charge is 0.486 e. The number of ether oxygens (including phenoxy) is 1. The molecule has 1 aromatic heterocycles. The highest BCUT2D eigenvalue weighted by Crippen LogP contribution is 2.13. The van der Waals surface area contributed by atoms with Crippen molar-refractivity contribution >= 4 is 11.6 Å². The van der Waals surface area contributed by atoms with Gasteiger partial charge in [-0.05, 0) is 24.3 Å². The number of hydrogen-bond donors (Lipinski definition) is 2. The van der Waals surface area contributed by atoms with Gasteiger partial charge in [-0.3, -0.25) is 5.10 Å². The molecule has 0 aliphatic rings. The van der Waals surface area contributed by atoms with E-state index in [4.69, 9.17) is 4.74 Å². The summed E-state index contributed by atoms with van der Waals surface area (Å²) in [6, 6.07) is 19.4. The van der Waals surface area contributed by atoms with Crippen molar-refractivity contribution in [3.05, 3.63) is 66.5 Å². The monoisotopic (exact) mass is 266 g/mol. The molecule has 20 heavy (non-hydrogen) atoms. The Kier molecular flexibility index (Phi) is 3.59. The third kappa shape index (κ3) is 3.14. The van der Waals surface area contributed by atoms with Gasteiger partial charge < -0.3 is 10.1 Å². The Balaban J connectivity index is 1.60. The summed E-state index contributed by atoms with van der Waals surface area (Å²) in [6.07, 6.45) is 0. The summed E-state index contributed by atoms with van der Waals surface area (Å²) in [6.45, 7) is 0.355. The van der Waals surface area contributed by atoms with Gasteiger partial charge in [0.2, 0.25) is 5.95 Å². The van der Waals surface area contributed by atoms with Crippen LogP contribution in [-0.2, 0) is 6.61 Å². The van der Waals surface area contributed by atoms with Crippen LogP contribution in [0.25, 0.3) is 0 Å². The Bertz CT molecular complexity index is 652. The fourth-order valence-electron chi connectivity index (χ4n) is 1.73. The summed E-state index contributed by atoms with van der Waals surface area (Å²) in [4.78, 5) is 4.32. The molecule has 0 radical (unpaired) electrons. The molecule has 0 unspecified atom stereocenters. The molecule has 5 nitrogen and oxygen atoms in total. The lowest BCUT2D eigenvalue weighted by atomic mass is 10.3. The maximum Gasteiger partial charge on any atom is 0.246 e. The maximum absolute atomic E-state index is 5.59. The Morgan fingerprint density at radius 1 is 0.950 bits per heavy atom. The minimum atomic E-state index is 0.355. The molecule has 5 heteroatoms. The van der Waals surface area contributed by atoms with E-state index in [0.29, 0.717) is 18.4 Å². The maximum atomic E-state index is 5.59. The molecule has 0 bridgehead atoms. The lowest BCUT2D eigenvalue weighted by Crippen LogP contribution is -1.97. The van der Waals surface area contributed by atoms with Crippen molar-refractivity contribution in [2.45, 2.75) is 6.61 Å². The molecule has 2 N–H and O–H groups in total. The Morgan fingerprint density at radius 3 is 2.40 bits per heavy atom. The third-order valence-corrected chi connectivity index (χ3v) is 2.68. The predicted octanol–water partition coefficient (Wildman–Crippen LogP) is 3.13. The lowest BCUT2D eigenvalue weighted by Gasteiger charge is -2.02. The molecule has 0 aliphatic heterocycles. The quantitative estimate of drug-likeness (QED) is 0.744. The molecule has 2 aromatic carbocycles. The molecular formula is C15H14N4O. The first-order valence-corrected chi connectivity index (χ1v) is 6.31. The van der Waals surface area contributed by atoms with E-state index in [1.54, 1.807) is 0 Å². The summed E-state index contributed by atoms with van der Waals surface area (Å²) in [5.41, 5.74) is 0.946. The number of aromatic nitrogens is 3. The van der Waals surface area contributed by atoms with Crippen LogP contribution in [0.4, 0.5) is 11.6 Å². The molecule has 0 aliphatic carbocycles. The van der Waals surface area contributed by atoms with Gasteiger partial charge in [0, 0.05) is 5.69 Å². The first-order chi connectivity index (χ1) is 9.90. The molecule has 0 fully saturated rings. The van der Waals surface area contributed by atoms with Crippen molar-refractivity contribution in [2.24, 2.45) is 0 Å². The zero-order valence-corrected chi connectivity index (χ0v) is 10.8. The molecule has 3 rings (SSSR count). The SMILES string of the molecule is c1ccc(Nc2n[nH]c(COc3ccccc3)n2)cc1. The molecule has 1 heterocycles. The van der Waals surface area contributed by atoms with Crippen molar-refractivity contribution in [3.8, 4) is 5.75 Å². The summed E-state index contributed by atoms with van der Waals surface area (Å²) in [5.74, 6) is 2.01. The van der Waals surface area contributed by atoms with E-state index < -0.39 is 0 Å². The van der Waals surface area contributed by atoms with Crippen molar-refractivity contribution in [3.63, 3.8) is 0 Å². The number of nitrogens with one attached hydrogen (secondary N) is 2. The van der Waals surface area contributed by atoms with Crippen molar-refractivity contribution in [1.29, 1.82) is 0 Å². The molecule has 100 valence electrons. The minimum absolute atomic E-state index is 0.355. The highest BCUT2D eigenvalue weighted by molar-refractivity contribution is 5.52. The normalized spacial score (nSPS) is 10.2. The zero-order chi connectivity index (χ0) is 13.6. The van der Waals surface area contributed by atoms with E-state index in [9.17, 15) is 0 Å². The number of nitrogens with zero attached hydrogens (tertiary/aromatic N) is 2. The van der Waals surface area contributed by atoms with Crippen molar-refractivity contribution in [2.75, 3.05) is 5.32 Å². The molecule has 0 saturated carbocycles. The molecule has 0 saturated heterocycles. The number of para-hydroxylation sites is 2. The van der Waals surface area contributed by atoms with E-state index in [-0.39, 0.29) is 0 Å². The highest BCUT2D eigenvalue weighted by atomic mass is 16.5. The zero-order valence-electron chi connectivity index (χ0n) is 10.8. The number of aromatic amines is 1. The Labute approximate surface area is 116 Å². The molecule has 3 aromatic rings. The Hall–Kier alpha value is -2.82. The van der Waals surface area contributed by atoms with Crippen molar-refractivity contribution in [1.82, 2.24) is 15.2 Å². The summed E-state index contributed by atoms with van der Waals surface area (Å²) >= 11 is 0. The van der Waals surface area contributed by atoms with Gasteiger partial charge in [0.15, 0.2) is 5.82 Å². The van der Waals surface area contributed by atoms with Crippen LogP contribution in [0.15, 0.2) is 60.7 Å². The van der Waals surface area contributed by atoms with Crippen LogP contribution in [-0.4, -0.2) is 15.2 Å². The number of rotatable bonds is 5. The summed E-state index contributed by atoms with van der Waals surface area (Å²) in [5, 5.41) is 10.1. The minimum Gasteiger partial charge on any atom is -0.486 e. The number of benzene rings is 2. The number of anilines is 2. The van der Waals surface area contributed by atoms with Gasteiger partial charge in [-0.1, -0.05) is 36.4 Å². The first-order valence-electron chi connectivity index (χ1n) is 6.31. The van der Waals surface area contributed by atoms with E-state index in [1.807, 2.05) is 60.7 Å². The van der Waals surface area contributed by atoms with E-state index >= 15 is 0 Å². The van der Waals surface area contributed by atoms with Gasteiger partial charge in [0.1, 0.15) is 12.4 Å². The topological polar surface area (TPSA) is 62.8 Å². The van der Waals surface area contributed by atoms with Crippen LogP contribution in [0, 0.1) is 0 Å². The number of H-pyrrole nitrogens is 1. The Morgan fingerprint density at radius 2 is 1.65 bits per heavy atom. The van der Waals surface area contributed by atoms with Crippen molar-refractivity contribution < 1.29 is 4.74 Å². The predicted molar refractivity (Wildman–Crippen MR) is 76.9 cm³/mol.